The largest absolute Gasteiger partial charge is 0.324 e. The Morgan fingerprint density at radius 1 is 1.36 bits per heavy atom. The summed E-state index contributed by atoms with van der Waals surface area (Å²) in [5.74, 6) is -0.000679. The Kier molecular flexibility index (Phi) is 2.69. The average Bonchev–Trinajstić information content (AvgIpc) is 2.95. The standard InChI is InChI=1S/C10H10Cl2FN/c11-6-3-4-7(13)8(9(6)12)10(14)5-1-2-5/h3-5,10H,1-2,14H2/t10-/m1/s1. The smallest absolute Gasteiger partial charge is 0.129 e. The Morgan fingerprint density at radius 2 is 2.00 bits per heavy atom. The van der Waals surface area contributed by atoms with E-state index >= 15 is 0 Å². The summed E-state index contributed by atoms with van der Waals surface area (Å²) in [5.41, 5.74) is 6.25. The second-order valence-corrected chi connectivity index (χ2v) is 4.41. The maximum Gasteiger partial charge on any atom is 0.129 e. The van der Waals surface area contributed by atoms with E-state index in [1.807, 2.05) is 0 Å². The van der Waals surface area contributed by atoms with Crippen molar-refractivity contribution < 1.29 is 4.39 Å². The lowest BCUT2D eigenvalue weighted by atomic mass is 10.0. The Hall–Kier alpha value is -0.310. The van der Waals surface area contributed by atoms with Crippen LogP contribution in [0.3, 0.4) is 0 Å². The van der Waals surface area contributed by atoms with Gasteiger partial charge in [-0.05, 0) is 30.9 Å². The molecule has 0 unspecified atom stereocenters. The fourth-order valence-electron chi connectivity index (χ4n) is 1.54. The van der Waals surface area contributed by atoms with Crippen LogP contribution in [-0.4, -0.2) is 0 Å². The van der Waals surface area contributed by atoms with E-state index in [0.29, 0.717) is 16.5 Å². The molecule has 0 radical (unpaired) electrons. The van der Waals surface area contributed by atoms with Crippen LogP contribution in [0.5, 0.6) is 0 Å². The fraction of sp³-hybridized carbons (Fsp3) is 0.400. The van der Waals surface area contributed by atoms with Crippen LogP contribution in [-0.2, 0) is 0 Å². The highest BCUT2D eigenvalue weighted by Gasteiger charge is 2.32. The maximum atomic E-state index is 13.4. The summed E-state index contributed by atoms with van der Waals surface area (Å²) in [6.07, 6.45) is 2.09. The van der Waals surface area contributed by atoms with E-state index in [9.17, 15) is 4.39 Å². The zero-order valence-corrected chi connectivity index (χ0v) is 8.95. The zero-order valence-electron chi connectivity index (χ0n) is 7.43. The Balaban J connectivity index is 2.43. The molecule has 0 amide bonds. The summed E-state index contributed by atoms with van der Waals surface area (Å²) in [6, 6.07) is 2.44. The molecule has 2 N–H and O–H groups in total. The van der Waals surface area contributed by atoms with E-state index < -0.39 is 0 Å². The molecule has 4 heteroatoms. The van der Waals surface area contributed by atoms with Crippen molar-refractivity contribution in [3.8, 4) is 0 Å². The zero-order chi connectivity index (χ0) is 10.3. The quantitative estimate of drug-likeness (QED) is 0.778. The van der Waals surface area contributed by atoms with E-state index in [4.69, 9.17) is 28.9 Å². The Morgan fingerprint density at radius 3 is 2.57 bits per heavy atom. The van der Waals surface area contributed by atoms with E-state index in [2.05, 4.69) is 0 Å². The molecule has 1 aliphatic carbocycles. The van der Waals surface area contributed by atoms with E-state index in [-0.39, 0.29) is 16.9 Å². The molecule has 1 fully saturated rings. The van der Waals surface area contributed by atoms with Crippen LogP contribution in [0.25, 0.3) is 0 Å². The molecule has 14 heavy (non-hydrogen) atoms. The molecule has 0 spiro atoms. The van der Waals surface area contributed by atoms with Crippen molar-refractivity contribution in [3.63, 3.8) is 0 Å². The molecule has 1 aromatic rings. The molecular formula is C10H10Cl2FN. The Bertz CT molecular complexity index is 363. The van der Waals surface area contributed by atoms with Crippen molar-refractivity contribution in [2.75, 3.05) is 0 Å². The van der Waals surface area contributed by atoms with Gasteiger partial charge in [-0.2, -0.15) is 0 Å². The molecule has 1 aromatic carbocycles. The SMILES string of the molecule is N[C@@H](c1c(F)ccc(Cl)c1Cl)C1CC1. The van der Waals surface area contributed by atoms with Crippen molar-refractivity contribution in [2.24, 2.45) is 11.7 Å². The normalized spacial score (nSPS) is 18.3. The summed E-state index contributed by atoms with van der Waals surface area (Å²) in [6.45, 7) is 0. The fourth-order valence-corrected chi connectivity index (χ4v) is 1.98. The van der Waals surface area contributed by atoms with Crippen LogP contribution in [0.2, 0.25) is 10.0 Å². The summed E-state index contributed by atoms with van der Waals surface area (Å²) in [5, 5.41) is 0.616. The number of benzene rings is 1. The van der Waals surface area contributed by atoms with Gasteiger partial charge in [0.2, 0.25) is 0 Å². The van der Waals surface area contributed by atoms with Gasteiger partial charge in [-0.15, -0.1) is 0 Å². The molecule has 0 saturated heterocycles. The van der Waals surface area contributed by atoms with Gasteiger partial charge in [0.15, 0.2) is 0 Å². The van der Waals surface area contributed by atoms with Crippen molar-refractivity contribution in [1.82, 2.24) is 0 Å². The van der Waals surface area contributed by atoms with Gasteiger partial charge in [0.05, 0.1) is 10.0 Å². The first kappa shape index (κ1) is 10.2. The van der Waals surface area contributed by atoms with Gasteiger partial charge in [-0.3, -0.25) is 0 Å². The first-order valence-electron chi connectivity index (χ1n) is 4.50. The first-order valence-corrected chi connectivity index (χ1v) is 5.26. The van der Waals surface area contributed by atoms with Crippen molar-refractivity contribution in [1.29, 1.82) is 0 Å². The minimum atomic E-state index is -0.362. The molecule has 2 rings (SSSR count). The predicted molar refractivity (Wildman–Crippen MR) is 56.1 cm³/mol. The van der Waals surface area contributed by atoms with Crippen molar-refractivity contribution in [2.45, 2.75) is 18.9 Å². The lowest BCUT2D eigenvalue weighted by molar-refractivity contribution is 0.554. The number of rotatable bonds is 2. The molecule has 0 heterocycles. The average molecular weight is 234 g/mol. The van der Waals surface area contributed by atoms with Crippen LogP contribution in [0.4, 0.5) is 4.39 Å². The van der Waals surface area contributed by atoms with Crippen molar-refractivity contribution >= 4 is 23.2 Å². The van der Waals surface area contributed by atoms with Crippen LogP contribution < -0.4 is 5.73 Å². The number of hydrogen-bond acceptors (Lipinski definition) is 1. The molecule has 0 aliphatic heterocycles. The molecule has 1 aliphatic rings. The van der Waals surface area contributed by atoms with Gasteiger partial charge in [-0.1, -0.05) is 23.2 Å². The first-order chi connectivity index (χ1) is 6.61. The highest BCUT2D eigenvalue weighted by atomic mass is 35.5. The van der Waals surface area contributed by atoms with Gasteiger partial charge >= 0.3 is 0 Å². The van der Waals surface area contributed by atoms with Crippen LogP contribution in [0.1, 0.15) is 24.4 Å². The molecule has 1 nitrogen and oxygen atoms in total. The van der Waals surface area contributed by atoms with Crippen LogP contribution in [0, 0.1) is 11.7 Å². The molecule has 0 bridgehead atoms. The van der Waals surface area contributed by atoms with E-state index in [1.54, 1.807) is 0 Å². The molecule has 1 atom stereocenters. The van der Waals surface area contributed by atoms with Gasteiger partial charge in [-0.25, -0.2) is 4.39 Å². The molecular weight excluding hydrogens is 224 g/mol. The third-order valence-electron chi connectivity index (χ3n) is 2.54. The summed E-state index contributed by atoms with van der Waals surface area (Å²) in [4.78, 5) is 0. The monoisotopic (exact) mass is 233 g/mol. The number of halogens is 3. The maximum absolute atomic E-state index is 13.4. The van der Waals surface area contributed by atoms with Crippen LogP contribution in [0.15, 0.2) is 12.1 Å². The van der Waals surface area contributed by atoms with Gasteiger partial charge in [0.1, 0.15) is 5.82 Å². The van der Waals surface area contributed by atoms with Crippen LogP contribution >= 0.6 is 23.2 Å². The third kappa shape index (κ3) is 1.74. The van der Waals surface area contributed by atoms with Gasteiger partial charge < -0.3 is 5.73 Å². The second-order valence-electron chi connectivity index (χ2n) is 3.62. The topological polar surface area (TPSA) is 26.0 Å². The lowest BCUT2D eigenvalue weighted by Gasteiger charge is -2.14. The molecule has 0 aromatic heterocycles. The van der Waals surface area contributed by atoms with Gasteiger partial charge in [0.25, 0.3) is 0 Å². The summed E-state index contributed by atoms with van der Waals surface area (Å²) < 4.78 is 13.4. The van der Waals surface area contributed by atoms with Gasteiger partial charge in [0, 0.05) is 11.6 Å². The molecule has 1 saturated carbocycles. The number of nitrogens with two attached hydrogens (primary N) is 1. The molecule has 76 valence electrons. The third-order valence-corrected chi connectivity index (χ3v) is 3.36. The Labute approximate surface area is 92.0 Å². The highest BCUT2D eigenvalue weighted by molar-refractivity contribution is 6.42. The predicted octanol–water partition coefficient (Wildman–Crippen LogP) is 3.54. The lowest BCUT2D eigenvalue weighted by Crippen LogP contribution is -2.14. The van der Waals surface area contributed by atoms with E-state index in [0.717, 1.165) is 12.8 Å². The second kappa shape index (κ2) is 3.69. The minimum absolute atomic E-state index is 0.256. The highest BCUT2D eigenvalue weighted by Crippen LogP contribution is 2.43. The summed E-state index contributed by atoms with van der Waals surface area (Å²) in [7, 11) is 0. The number of hydrogen-bond donors (Lipinski definition) is 1. The minimum Gasteiger partial charge on any atom is -0.324 e. The van der Waals surface area contributed by atoms with Crippen molar-refractivity contribution in [3.05, 3.63) is 33.6 Å². The summed E-state index contributed by atoms with van der Waals surface area (Å²) >= 11 is 11.7. The van der Waals surface area contributed by atoms with E-state index in [1.165, 1.54) is 12.1 Å².